The average Bonchev–Trinajstić information content (AvgIpc) is 1.68. The largest absolute Gasteiger partial charge is 0.278 e. The third-order valence-electron chi connectivity index (χ3n) is 1.17. The topological polar surface area (TPSA) is 6.48 Å². The summed E-state index contributed by atoms with van der Waals surface area (Å²) < 4.78 is 15.7. The number of nitrogens with zero attached hydrogens (tertiary/aromatic N) is 2. The number of halogens is 1. The van der Waals surface area contributed by atoms with Gasteiger partial charge in [0.05, 0.1) is 0 Å². The molecule has 0 atom stereocenters. The molecule has 1 fully saturated rings. The van der Waals surface area contributed by atoms with E-state index >= 15 is 0 Å². The van der Waals surface area contributed by atoms with Crippen LogP contribution in [0.2, 0.25) is 0 Å². The number of hydrogen-bond donors (Lipinski definition) is 0. The summed E-state index contributed by atoms with van der Waals surface area (Å²) in [6.45, 7) is 0. The Morgan fingerprint density at radius 1 is 1.43 bits per heavy atom. The Hall–Kier alpha value is 0.0669. The second-order valence-electron chi connectivity index (χ2n) is 1.97. The van der Waals surface area contributed by atoms with Crippen LogP contribution in [0.1, 0.15) is 0 Å². The molecule has 1 aliphatic rings. The van der Waals surface area contributed by atoms with Crippen molar-refractivity contribution in [1.29, 1.82) is 0 Å². The van der Waals surface area contributed by atoms with Crippen LogP contribution >= 0.6 is 0 Å². The maximum absolute atomic E-state index is 12.2. The van der Waals surface area contributed by atoms with Gasteiger partial charge >= 0.3 is 0 Å². The summed E-state index contributed by atoms with van der Waals surface area (Å²) in [7, 11) is 3.33. The fourth-order valence-electron chi connectivity index (χ4n) is 0.727. The van der Waals surface area contributed by atoms with Crippen LogP contribution in [-0.4, -0.2) is 39.5 Å². The SMILES string of the molecule is CN1[SiH2]N(C)C1F. The zero-order chi connectivity index (χ0) is 5.44. The van der Waals surface area contributed by atoms with Gasteiger partial charge in [-0.05, 0) is 14.1 Å². The van der Waals surface area contributed by atoms with Crippen molar-refractivity contribution in [2.45, 2.75) is 6.42 Å². The Kier molecular flexibility index (Phi) is 1.14. The highest BCUT2D eigenvalue weighted by Gasteiger charge is 2.29. The van der Waals surface area contributed by atoms with Crippen LogP contribution in [0.3, 0.4) is 0 Å². The third-order valence-corrected chi connectivity index (χ3v) is 2.67. The van der Waals surface area contributed by atoms with Crippen LogP contribution < -0.4 is 0 Å². The molecular formula is C3H9FN2Si. The molecule has 0 aromatic carbocycles. The Bertz CT molecular complexity index is 71.3. The van der Waals surface area contributed by atoms with E-state index in [0.717, 1.165) is 0 Å². The molecule has 0 aliphatic carbocycles. The Balaban J connectivity index is 2.29. The molecule has 0 radical (unpaired) electrons. The van der Waals surface area contributed by atoms with Crippen molar-refractivity contribution in [3.05, 3.63) is 0 Å². The molecule has 0 saturated carbocycles. The van der Waals surface area contributed by atoms with E-state index in [2.05, 4.69) is 0 Å². The molecule has 0 N–H and O–H groups in total. The summed E-state index contributed by atoms with van der Waals surface area (Å²) in [6.07, 6.45) is -0.772. The quantitative estimate of drug-likeness (QED) is 0.302. The fourth-order valence-corrected chi connectivity index (χ4v) is 1.95. The van der Waals surface area contributed by atoms with Crippen LogP contribution in [0.25, 0.3) is 0 Å². The lowest BCUT2D eigenvalue weighted by molar-refractivity contribution is 0.0161. The Morgan fingerprint density at radius 3 is 1.86 bits per heavy atom. The standard InChI is InChI=1S/C3H9FN2Si/c1-5-3(4)6(2)7-5/h3H,7H2,1-2H3. The summed E-state index contributed by atoms with van der Waals surface area (Å²) in [4.78, 5) is 0. The molecule has 42 valence electrons. The molecule has 1 aliphatic heterocycles. The van der Waals surface area contributed by atoms with E-state index in [0.29, 0.717) is 0 Å². The van der Waals surface area contributed by atoms with E-state index in [1.165, 1.54) is 0 Å². The molecule has 1 saturated heterocycles. The normalized spacial score (nSPS) is 39.0. The molecule has 1 heterocycles. The molecule has 0 spiro atoms. The lowest BCUT2D eigenvalue weighted by atomic mass is 10.9. The van der Waals surface area contributed by atoms with Crippen molar-refractivity contribution in [2.24, 2.45) is 0 Å². The molecule has 0 unspecified atom stereocenters. The zero-order valence-corrected chi connectivity index (χ0v) is 5.97. The van der Waals surface area contributed by atoms with Gasteiger partial charge in [-0.2, -0.15) is 0 Å². The van der Waals surface area contributed by atoms with Gasteiger partial charge in [0.15, 0.2) is 16.3 Å². The molecule has 0 aromatic heterocycles. The highest BCUT2D eigenvalue weighted by molar-refractivity contribution is 6.31. The summed E-state index contributed by atoms with van der Waals surface area (Å²) in [5.41, 5.74) is 0. The molecule has 2 nitrogen and oxygen atoms in total. The first kappa shape index (κ1) is 5.21. The maximum Gasteiger partial charge on any atom is 0.199 e. The highest BCUT2D eigenvalue weighted by atomic mass is 28.2. The van der Waals surface area contributed by atoms with E-state index in [-0.39, 0.29) is 9.84 Å². The van der Waals surface area contributed by atoms with Crippen LogP contribution in [-0.2, 0) is 0 Å². The van der Waals surface area contributed by atoms with Crippen molar-refractivity contribution in [3.8, 4) is 0 Å². The monoisotopic (exact) mass is 120 g/mol. The Labute approximate surface area is 44.9 Å². The van der Waals surface area contributed by atoms with Gasteiger partial charge in [0.25, 0.3) is 0 Å². The van der Waals surface area contributed by atoms with Gasteiger partial charge < -0.3 is 0 Å². The van der Waals surface area contributed by atoms with Gasteiger partial charge in [-0.3, -0.25) is 9.13 Å². The maximum atomic E-state index is 12.2. The molecule has 0 bridgehead atoms. The summed E-state index contributed by atoms with van der Waals surface area (Å²) >= 11 is 0. The Morgan fingerprint density at radius 2 is 1.86 bits per heavy atom. The first-order chi connectivity index (χ1) is 3.22. The molecule has 7 heavy (non-hydrogen) atoms. The lowest BCUT2D eigenvalue weighted by Gasteiger charge is -2.40. The van der Waals surface area contributed by atoms with Crippen LogP contribution in [0.15, 0.2) is 0 Å². The first-order valence-electron chi connectivity index (χ1n) is 2.26. The van der Waals surface area contributed by atoms with Crippen LogP contribution in [0.5, 0.6) is 0 Å². The predicted octanol–water partition coefficient (Wildman–Crippen LogP) is -0.885. The van der Waals surface area contributed by atoms with E-state index in [4.69, 9.17) is 0 Å². The second kappa shape index (κ2) is 1.54. The highest BCUT2D eigenvalue weighted by Crippen LogP contribution is 2.10. The van der Waals surface area contributed by atoms with E-state index in [1.807, 2.05) is 14.1 Å². The van der Waals surface area contributed by atoms with E-state index in [9.17, 15) is 4.39 Å². The van der Waals surface area contributed by atoms with Gasteiger partial charge in [0.1, 0.15) is 0 Å². The zero-order valence-electron chi connectivity index (χ0n) is 4.56. The van der Waals surface area contributed by atoms with Crippen LogP contribution in [0, 0.1) is 0 Å². The molecular weight excluding hydrogens is 111 g/mol. The summed E-state index contributed by atoms with van der Waals surface area (Å²) in [5.74, 6) is 0. The van der Waals surface area contributed by atoms with Gasteiger partial charge in [-0.25, -0.2) is 4.39 Å². The summed E-state index contributed by atoms with van der Waals surface area (Å²) in [5, 5.41) is 0. The minimum atomic E-state index is -0.772. The van der Waals surface area contributed by atoms with Crippen molar-refractivity contribution >= 4 is 9.84 Å². The minimum Gasteiger partial charge on any atom is -0.278 e. The molecule has 1 rings (SSSR count). The van der Waals surface area contributed by atoms with E-state index in [1.54, 1.807) is 9.13 Å². The smallest absolute Gasteiger partial charge is 0.199 e. The second-order valence-corrected chi connectivity index (χ2v) is 4.24. The van der Waals surface area contributed by atoms with Crippen molar-refractivity contribution in [3.63, 3.8) is 0 Å². The predicted molar refractivity (Wildman–Crippen MR) is 29.0 cm³/mol. The van der Waals surface area contributed by atoms with Crippen molar-refractivity contribution in [2.75, 3.05) is 14.1 Å². The van der Waals surface area contributed by atoms with Crippen molar-refractivity contribution in [1.82, 2.24) is 9.13 Å². The summed E-state index contributed by atoms with van der Waals surface area (Å²) in [6, 6.07) is 0. The third kappa shape index (κ3) is 0.689. The number of alkyl halides is 1. The first-order valence-corrected chi connectivity index (χ1v) is 3.53. The average molecular weight is 120 g/mol. The molecule has 0 aromatic rings. The molecule has 4 heteroatoms. The van der Waals surface area contributed by atoms with Gasteiger partial charge in [0, 0.05) is 0 Å². The lowest BCUT2D eigenvalue weighted by Crippen LogP contribution is -2.60. The van der Waals surface area contributed by atoms with Gasteiger partial charge in [-0.1, -0.05) is 0 Å². The fraction of sp³-hybridized carbons (Fsp3) is 1.00. The van der Waals surface area contributed by atoms with Gasteiger partial charge in [0.2, 0.25) is 0 Å². The minimum absolute atomic E-state index is 0.302. The van der Waals surface area contributed by atoms with Crippen molar-refractivity contribution < 1.29 is 4.39 Å². The number of rotatable bonds is 0. The van der Waals surface area contributed by atoms with Crippen LogP contribution in [0.4, 0.5) is 4.39 Å². The number of hydrogen-bond acceptors (Lipinski definition) is 2. The van der Waals surface area contributed by atoms with Gasteiger partial charge in [-0.15, -0.1) is 0 Å². The van der Waals surface area contributed by atoms with E-state index < -0.39 is 6.42 Å². The molecule has 0 amide bonds.